The highest BCUT2D eigenvalue weighted by Gasteiger charge is 2.64. The summed E-state index contributed by atoms with van der Waals surface area (Å²) in [5, 5.41) is 32.3. The number of esters is 1. The second-order valence-corrected chi connectivity index (χ2v) is 20.9. The van der Waals surface area contributed by atoms with Crippen molar-refractivity contribution in [3.8, 4) is 5.75 Å². The average Bonchev–Trinajstić information content (AvgIpc) is 4.20. The average molecular weight is 1110 g/mol. The number of likely N-dealkylation sites (N-methyl/N-ethyl adjacent to an activating group) is 1. The molecular weight excluding hydrogens is 1030 g/mol. The van der Waals surface area contributed by atoms with Crippen molar-refractivity contribution in [3.63, 3.8) is 0 Å². The first-order valence-corrected chi connectivity index (χ1v) is 26.4. The van der Waals surface area contributed by atoms with Gasteiger partial charge < -0.3 is 58.9 Å². The summed E-state index contributed by atoms with van der Waals surface area (Å²) in [6.45, 7) is 7.64. The maximum absolute atomic E-state index is 14.4. The zero-order valence-electron chi connectivity index (χ0n) is 46.1. The smallest absolute Gasteiger partial charge is 0.409 e. The molecule has 3 aromatic rings. The van der Waals surface area contributed by atoms with Crippen LogP contribution in [0.3, 0.4) is 0 Å². The molecule has 78 heavy (non-hydrogen) atoms. The Kier molecular flexibility index (Phi) is 20.5. The van der Waals surface area contributed by atoms with E-state index in [1.165, 1.54) is 45.0 Å². The quantitative estimate of drug-likeness (QED) is 0.0397. The minimum atomic E-state index is -1.90. The second kappa shape index (κ2) is 26.4. The standard InChI is InChI=1S/C55H75ClN8O14/c1-32-15-13-18-43(75-10)55(73)30-42(76-53(72)60-55)33(2)50-54(4,78-50)44(29-47(67)63(8)40-26-35(25-32)27-41(74-9)49(40)56)77-52(71)34(3)62(7)46(66)19-14-23-58-51(70)38(20-21-48(68)69)59-45(65)22-24-64-37(31-61(6)57-5)28-36-16-11-12-17-39(36)64/h11-13,15-18,26-28,33-34,38,42-44,50,57,73H,14,19-25,29-31H2,1-10H3,(H,58,70)(H,59,65)(H,60,72)(H,68,69)/b18-13+,32-15+/t33-,34+,38+,42+,43-,44+,50+,54-,55+/m1/s1. The number of halogens is 1. The Morgan fingerprint density at radius 1 is 1.06 bits per heavy atom. The number of aryl methyl sites for hydroxylation is 1. The number of epoxide rings is 1. The Labute approximate surface area is 459 Å². The largest absolute Gasteiger partial charge is 0.495 e. The number of alkyl carbamates (subject to hydrolysis) is 1. The van der Waals surface area contributed by atoms with Gasteiger partial charge in [-0.15, -0.1) is 0 Å². The normalized spacial score (nSPS) is 25.3. The highest BCUT2D eigenvalue weighted by molar-refractivity contribution is 6.35. The molecule has 23 heteroatoms. The highest BCUT2D eigenvalue weighted by atomic mass is 35.5. The third-order valence-electron chi connectivity index (χ3n) is 14.9. The van der Waals surface area contributed by atoms with Crippen molar-refractivity contribution in [1.29, 1.82) is 0 Å². The third-order valence-corrected chi connectivity index (χ3v) is 15.3. The number of carboxylic acid groups (broad SMARTS) is 1. The van der Waals surface area contributed by atoms with E-state index < -0.39 is 102 Å². The van der Waals surface area contributed by atoms with Gasteiger partial charge in [-0.25, -0.2) is 14.6 Å². The predicted octanol–water partition coefficient (Wildman–Crippen LogP) is 4.37. The first-order valence-electron chi connectivity index (χ1n) is 26.0. The van der Waals surface area contributed by atoms with Gasteiger partial charge in [0.05, 0.1) is 31.9 Å². The van der Waals surface area contributed by atoms with Crippen molar-refractivity contribution >= 4 is 69.9 Å². The summed E-state index contributed by atoms with van der Waals surface area (Å²) in [5.74, 6) is -4.33. The molecule has 4 bridgehead atoms. The van der Waals surface area contributed by atoms with Crippen LogP contribution in [-0.4, -0.2) is 163 Å². The fourth-order valence-corrected chi connectivity index (χ4v) is 10.3. The second-order valence-electron chi connectivity index (χ2n) is 20.5. The van der Waals surface area contributed by atoms with Crippen LogP contribution in [0.2, 0.25) is 5.02 Å². The molecule has 0 radical (unpaired) electrons. The number of benzene rings is 2. The number of nitrogens with one attached hydrogen (secondary N) is 4. The van der Waals surface area contributed by atoms with Crippen LogP contribution < -0.4 is 31.0 Å². The number of allylic oxidation sites excluding steroid dienone is 3. The fraction of sp³-hybridized carbons (Fsp3) is 0.545. The lowest BCUT2D eigenvalue weighted by atomic mass is 9.83. The first-order chi connectivity index (χ1) is 36.9. The van der Waals surface area contributed by atoms with Gasteiger partial charge in [0.1, 0.15) is 46.8 Å². The molecule has 3 aliphatic heterocycles. The number of carbonyl (C=O) groups is 7. The Balaban J connectivity index is 1.12. The zero-order chi connectivity index (χ0) is 57.2. The summed E-state index contributed by atoms with van der Waals surface area (Å²) < 4.78 is 31.5. The van der Waals surface area contributed by atoms with E-state index in [9.17, 15) is 43.8 Å². The number of ether oxygens (including phenoxy) is 5. The summed E-state index contributed by atoms with van der Waals surface area (Å²) in [5.41, 5.74) is 3.73. The molecule has 0 spiro atoms. The molecule has 0 unspecified atom stereocenters. The van der Waals surface area contributed by atoms with Gasteiger partial charge in [0.25, 0.3) is 0 Å². The van der Waals surface area contributed by atoms with Gasteiger partial charge in [-0.05, 0) is 82.3 Å². The van der Waals surface area contributed by atoms with Crippen molar-refractivity contribution in [2.75, 3.05) is 53.9 Å². The Hall–Kier alpha value is -6.56. The van der Waals surface area contributed by atoms with Gasteiger partial charge in [0.2, 0.25) is 23.6 Å². The van der Waals surface area contributed by atoms with Crippen LogP contribution in [0.1, 0.15) is 83.9 Å². The molecule has 6 rings (SSSR count). The number of hydrogen-bond donors (Lipinski definition) is 6. The number of hydrogen-bond acceptors (Lipinski definition) is 15. The van der Waals surface area contributed by atoms with Crippen molar-refractivity contribution < 1.29 is 67.5 Å². The number of aliphatic hydroxyl groups is 1. The monoisotopic (exact) mass is 1110 g/mol. The molecule has 1 aromatic heterocycles. The van der Waals surface area contributed by atoms with Gasteiger partial charge in [-0.1, -0.05) is 60.5 Å². The van der Waals surface area contributed by atoms with Crippen LogP contribution in [0, 0.1) is 5.92 Å². The van der Waals surface area contributed by atoms with E-state index in [1.807, 2.05) is 60.9 Å². The highest BCUT2D eigenvalue weighted by Crippen LogP contribution is 2.49. The lowest BCUT2D eigenvalue weighted by Crippen LogP contribution is -2.63. The van der Waals surface area contributed by atoms with E-state index >= 15 is 0 Å². The maximum atomic E-state index is 14.4. The fourth-order valence-electron chi connectivity index (χ4n) is 9.97. The van der Waals surface area contributed by atoms with Crippen LogP contribution >= 0.6 is 11.6 Å². The van der Waals surface area contributed by atoms with E-state index in [4.69, 9.17) is 35.3 Å². The summed E-state index contributed by atoms with van der Waals surface area (Å²) in [6.07, 6.45) is -0.300. The summed E-state index contributed by atoms with van der Waals surface area (Å²) in [4.78, 5) is 96.1. The van der Waals surface area contributed by atoms with Crippen molar-refractivity contribution in [3.05, 3.63) is 82.5 Å². The van der Waals surface area contributed by atoms with Crippen LogP contribution in [0.5, 0.6) is 5.75 Å². The van der Waals surface area contributed by atoms with Crippen molar-refractivity contribution in [2.45, 2.75) is 140 Å². The lowest BCUT2D eigenvalue weighted by molar-refractivity contribution is -0.162. The minimum Gasteiger partial charge on any atom is -0.495 e. The van der Waals surface area contributed by atoms with Crippen LogP contribution in [0.25, 0.3) is 10.9 Å². The first kappa shape index (κ1) is 60.7. The Bertz CT molecular complexity index is 2770. The number of methoxy groups -OCH3 is 2. The molecule has 2 saturated heterocycles. The molecule has 5 amide bonds. The number of rotatable bonds is 20. The molecule has 22 nitrogen and oxygen atoms in total. The van der Waals surface area contributed by atoms with E-state index in [1.54, 1.807) is 38.1 Å². The number of aromatic nitrogens is 1. The van der Waals surface area contributed by atoms with E-state index in [-0.39, 0.29) is 50.1 Å². The van der Waals surface area contributed by atoms with Crippen molar-refractivity contribution in [2.24, 2.45) is 5.92 Å². The number of carboxylic acids is 1. The topological polar surface area (TPSA) is 272 Å². The van der Waals surface area contributed by atoms with Gasteiger partial charge in [0.15, 0.2) is 5.72 Å². The molecule has 426 valence electrons. The number of nitrogens with zero attached hydrogens (tertiary/aromatic N) is 4. The number of amides is 5. The molecule has 2 fully saturated rings. The number of fused-ring (bicyclic) bond motifs is 6. The Morgan fingerprint density at radius 3 is 2.49 bits per heavy atom. The van der Waals surface area contributed by atoms with Crippen LogP contribution in [0.4, 0.5) is 10.5 Å². The molecule has 4 heterocycles. The molecule has 9 atom stereocenters. The third kappa shape index (κ3) is 14.8. The van der Waals surface area contributed by atoms with Gasteiger partial charge in [-0.2, -0.15) is 0 Å². The summed E-state index contributed by atoms with van der Waals surface area (Å²) >= 11 is 6.82. The van der Waals surface area contributed by atoms with Gasteiger partial charge in [-0.3, -0.25) is 34.7 Å². The molecular formula is C55H75ClN8O14. The lowest BCUT2D eigenvalue weighted by Gasteiger charge is -2.42. The van der Waals surface area contributed by atoms with E-state index in [2.05, 4.69) is 27.4 Å². The number of para-hydroxylation sites is 1. The molecule has 6 N–H and O–H groups in total. The maximum Gasteiger partial charge on any atom is 0.409 e. The Morgan fingerprint density at radius 2 is 1.79 bits per heavy atom. The van der Waals surface area contributed by atoms with Gasteiger partial charge in [0, 0.05) is 84.2 Å². The number of hydrazine groups is 1. The van der Waals surface area contributed by atoms with Gasteiger partial charge >= 0.3 is 18.0 Å². The SMILES string of the molecule is CNN(C)Cc1cc2ccccc2n1CCC(=O)N[C@@H](CCC(=O)O)C(=O)NCCCC(=O)N(C)[C@@H](C)C(=O)O[C@H]1CC(=O)N(C)c2cc(cc(OC)c2Cl)C/C(C)=C/C=C/[C@@H](OC)[C@@]2(O)C[C@H](OC(=O)N2)[C@@H](C)[C@@H]2O[C@]12C. The molecule has 3 aliphatic rings. The zero-order valence-corrected chi connectivity index (χ0v) is 46.8. The molecule has 2 aromatic carbocycles. The van der Waals surface area contributed by atoms with E-state index in [0.29, 0.717) is 30.9 Å². The van der Waals surface area contributed by atoms with Crippen LogP contribution in [-0.2, 0) is 67.2 Å². The molecule has 0 saturated carbocycles. The number of carbonyl (C=O) groups excluding carboxylic acids is 6. The van der Waals surface area contributed by atoms with Crippen molar-refractivity contribution in [1.82, 2.24) is 35.9 Å². The molecule has 0 aliphatic carbocycles. The number of anilines is 1. The summed E-state index contributed by atoms with van der Waals surface area (Å²) in [6, 6.07) is 11.0. The van der Waals surface area contributed by atoms with E-state index in [0.717, 1.165) is 27.7 Å². The minimum absolute atomic E-state index is 0.0109. The summed E-state index contributed by atoms with van der Waals surface area (Å²) in [7, 11) is 9.52. The predicted molar refractivity (Wildman–Crippen MR) is 289 cm³/mol. The number of aliphatic carboxylic acids is 1. The van der Waals surface area contributed by atoms with Crippen LogP contribution in [0.15, 0.2) is 66.3 Å².